The van der Waals surface area contributed by atoms with E-state index in [2.05, 4.69) is 41.5 Å². The lowest BCUT2D eigenvalue weighted by molar-refractivity contribution is -0.127. The van der Waals surface area contributed by atoms with Crippen molar-refractivity contribution >= 4 is 11.9 Å². The molecule has 7 nitrogen and oxygen atoms in total. The second kappa shape index (κ2) is 9.95. The molecule has 0 aliphatic heterocycles. The maximum Gasteiger partial charge on any atom is 0.241 e. The van der Waals surface area contributed by atoms with Crippen LogP contribution >= 0.6 is 0 Å². The van der Waals surface area contributed by atoms with E-state index < -0.39 is 0 Å². The quantitative estimate of drug-likeness (QED) is 0.550. The predicted molar refractivity (Wildman–Crippen MR) is 98.1 cm³/mol. The zero-order valence-corrected chi connectivity index (χ0v) is 15.9. The van der Waals surface area contributed by atoms with Gasteiger partial charge in [0.15, 0.2) is 5.96 Å². The van der Waals surface area contributed by atoms with Crippen molar-refractivity contribution in [1.29, 1.82) is 0 Å². The molecule has 0 aliphatic carbocycles. The molecule has 0 spiro atoms. The molecule has 1 aromatic heterocycles. The van der Waals surface area contributed by atoms with Crippen molar-refractivity contribution in [3.8, 4) is 0 Å². The fourth-order valence-electron chi connectivity index (χ4n) is 2.47. The minimum Gasteiger partial charge on any atom is -0.356 e. The molecule has 0 unspecified atom stereocenters. The van der Waals surface area contributed by atoms with Gasteiger partial charge in [-0.15, -0.1) is 0 Å². The number of aromatic nitrogens is 2. The Hall–Kier alpha value is -2.05. The number of nitrogens with one attached hydrogen (secondary N) is 2. The Balaban J connectivity index is 2.88. The predicted octanol–water partition coefficient (Wildman–Crippen LogP) is 1.08. The standard InChI is InChI=1S/C17H32N6O/c1-7-10-18-17(20-12-16(24)22(4)5)19-11-13-14(8-2)21-23(6)15(13)9-3/h7-12H2,1-6H3,(H2,18,19,20). The van der Waals surface area contributed by atoms with Crippen molar-refractivity contribution in [2.75, 3.05) is 27.2 Å². The van der Waals surface area contributed by atoms with Gasteiger partial charge in [0.2, 0.25) is 5.91 Å². The molecule has 24 heavy (non-hydrogen) atoms. The van der Waals surface area contributed by atoms with Crippen LogP contribution in [0.25, 0.3) is 0 Å². The Kier molecular flexibility index (Phi) is 8.29. The molecule has 0 atom stereocenters. The summed E-state index contributed by atoms with van der Waals surface area (Å²) in [6.45, 7) is 7.96. The largest absolute Gasteiger partial charge is 0.356 e. The third-order valence-corrected chi connectivity index (χ3v) is 3.87. The van der Waals surface area contributed by atoms with Crippen LogP contribution in [-0.4, -0.2) is 53.7 Å². The Bertz CT molecular complexity index is 562. The van der Waals surface area contributed by atoms with Gasteiger partial charge in [0, 0.05) is 38.9 Å². The van der Waals surface area contributed by atoms with E-state index in [9.17, 15) is 4.79 Å². The highest BCUT2D eigenvalue weighted by Gasteiger charge is 2.13. The normalized spacial score (nSPS) is 11.5. The summed E-state index contributed by atoms with van der Waals surface area (Å²) in [5.74, 6) is 0.686. The molecule has 0 bridgehead atoms. The lowest BCUT2D eigenvalue weighted by Crippen LogP contribution is -2.43. The fraction of sp³-hybridized carbons (Fsp3) is 0.706. The summed E-state index contributed by atoms with van der Waals surface area (Å²) in [6, 6.07) is 0. The van der Waals surface area contributed by atoms with Crippen LogP contribution in [0.5, 0.6) is 0 Å². The van der Waals surface area contributed by atoms with E-state index in [1.54, 1.807) is 19.0 Å². The number of aliphatic imine (C=N–C) groups is 1. The Morgan fingerprint density at radius 2 is 1.92 bits per heavy atom. The summed E-state index contributed by atoms with van der Waals surface area (Å²) in [7, 11) is 5.48. The van der Waals surface area contributed by atoms with E-state index in [-0.39, 0.29) is 12.5 Å². The summed E-state index contributed by atoms with van der Waals surface area (Å²) in [4.78, 5) is 18.0. The van der Waals surface area contributed by atoms with Crippen molar-refractivity contribution in [1.82, 2.24) is 25.3 Å². The Morgan fingerprint density at radius 1 is 1.21 bits per heavy atom. The SMILES string of the molecule is CCCNC(=NCc1c(CC)nn(C)c1CC)NCC(=O)N(C)C. The van der Waals surface area contributed by atoms with Gasteiger partial charge >= 0.3 is 0 Å². The average Bonchev–Trinajstić information content (AvgIpc) is 2.88. The number of hydrogen-bond acceptors (Lipinski definition) is 3. The number of carbonyl (C=O) groups is 1. The molecular formula is C17H32N6O. The summed E-state index contributed by atoms with van der Waals surface area (Å²) in [6.07, 6.45) is 2.82. The lowest BCUT2D eigenvalue weighted by atomic mass is 10.1. The fourth-order valence-corrected chi connectivity index (χ4v) is 2.47. The first-order chi connectivity index (χ1) is 11.4. The van der Waals surface area contributed by atoms with Crippen molar-refractivity contribution in [3.05, 3.63) is 17.0 Å². The van der Waals surface area contributed by atoms with E-state index in [1.807, 2.05) is 11.7 Å². The van der Waals surface area contributed by atoms with Crippen molar-refractivity contribution in [2.24, 2.45) is 12.0 Å². The number of nitrogens with zero attached hydrogens (tertiary/aromatic N) is 4. The molecule has 2 N–H and O–H groups in total. The first-order valence-electron chi connectivity index (χ1n) is 8.70. The molecular weight excluding hydrogens is 304 g/mol. The molecule has 1 amide bonds. The summed E-state index contributed by atoms with van der Waals surface area (Å²) in [5.41, 5.74) is 3.51. The monoisotopic (exact) mass is 336 g/mol. The molecule has 1 rings (SSSR count). The third-order valence-electron chi connectivity index (χ3n) is 3.87. The maximum absolute atomic E-state index is 11.8. The maximum atomic E-state index is 11.8. The number of aryl methyl sites for hydroxylation is 2. The Morgan fingerprint density at radius 3 is 2.46 bits per heavy atom. The first-order valence-corrected chi connectivity index (χ1v) is 8.70. The van der Waals surface area contributed by atoms with Gasteiger partial charge in [0.25, 0.3) is 0 Å². The molecule has 1 heterocycles. The topological polar surface area (TPSA) is 74.5 Å². The van der Waals surface area contributed by atoms with Crippen molar-refractivity contribution in [2.45, 2.75) is 46.6 Å². The van der Waals surface area contributed by atoms with Crippen LogP contribution in [-0.2, 0) is 31.2 Å². The van der Waals surface area contributed by atoms with E-state index in [0.29, 0.717) is 12.5 Å². The highest BCUT2D eigenvalue weighted by Crippen LogP contribution is 2.16. The second-order valence-electron chi connectivity index (χ2n) is 5.94. The molecule has 0 aromatic carbocycles. The highest BCUT2D eigenvalue weighted by atomic mass is 16.2. The van der Waals surface area contributed by atoms with Gasteiger partial charge in [-0.25, -0.2) is 4.99 Å². The zero-order valence-electron chi connectivity index (χ0n) is 15.9. The van der Waals surface area contributed by atoms with Crippen LogP contribution < -0.4 is 10.6 Å². The van der Waals surface area contributed by atoms with Gasteiger partial charge in [0.05, 0.1) is 18.8 Å². The number of rotatable bonds is 8. The number of likely N-dealkylation sites (N-methyl/N-ethyl adjacent to an activating group) is 1. The zero-order chi connectivity index (χ0) is 18.1. The molecule has 1 aromatic rings. The molecule has 136 valence electrons. The average molecular weight is 336 g/mol. The van der Waals surface area contributed by atoms with Crippen LogP contribution in [0, 0.1) is 0 Å². The van der Waals surface area contributed by atoms with Gasteiger partial charge in [-0.3, -0.25) is 9.48 Å². The van der Waals surface area contributed by atoms with Crippen LogP contribution in [0.2, 0.25) is 0 Å². The molecule has 0 saturated carbocycles. The third kappa shape index (κ3) is 5.54. The first kappa shape index (κ1) is 20.0. The van der Waals surface area contributed by atoms with E-state index in [0.717, 1.165) is 31.5 Å². The van der Waals surface area contributed by atoms with E-state index in [4.69, 9.17) is 0 Å². The lowest BCUT2D eigenvalue weighted by Gasteiger charge is -2.14. The molecule has 0 radical (unpaired) electrons. The number of carbonyl (C=O) groups excluding carboxylic acids is 1. The van der Waals surface area contributed by atoms with Crippen LogP contribution in [0.15, 0.2) is 4.99 Å². The highest BCUT2D eigenvalue weighted by molar-refractivity contribution is 5.86. The molecule has 0 fully saturated rings. The smallest absolute Gasteiger partial charge is 0.241 e. The van der Waals surface area contributed by atoms with Crippen LogP contribution in [0.4, 0.5) is 0 Å². The van der Waals surface area contributed by atoms with Gasteiger partial charge in [0.1, 0.15) is 0 Å². The number of hydrogen-bond donors (Lipinski definition) is 2. The second-order valence-corrected chi connectivity index (χ2v) is 5.94. The summed E-state index contributed by atoms with van der Waals surface area (Å²) in [5, 5.41) is 10.9. The molecule has 0 aliphatic rings. The minimum atomic E-state index is 0.0193. The summed E-state index contributed by atoms with van der Waals surface area (Å²) >= 11 is 0. The number of guanidine groups is 1. The van der Waals surface area contributed by atoms with Crippen LogP contribution in [0.3, 0.4) is 0 Å². The Labute approximate surface area is 145 Å². The van der Waals surface area contributed by atoms with E-state index >= 15 is 0 Å². The van der Waals surface area contributed by atoms with Gasteiger partial charge in [-0.05, 0) is 19.3 Å². The van der Waals surface area contributed by atoms with Gasteiger partial charge in [-0.1, -0.05) is 20.8 Å². The molecule has 0 saturated heterocycles. The molecule has 7 heteroatoms. The van der Waals surface area contributed by atoms with E-state index in [1.165, 1.54) is 11.3 Å². The summed E-state index contributed by atoms with van der Waals surface area (Å²) < 4.78 is 1.95. The van der Waals surface area contributed by atoms with Crippen molar-refractivity contribution in [3.63, 3.8) is 0 Å². The number of amides is 1. The van der Waals surface area contributed by atoms with Gasteiger partial charge in [-0.2, -0.15) is 5.10 Å². The van der Waals surface area contributed by atoms with Crippen molar-refractivity contribution < 1.29 is 4.79 Å². The minimum absolute atomic E-state index is 0.0193. The van der Waals surface area contributed by atoms with Gasteiger partial charge < -0.3 is 15.5 Å². The van der Waals surface area contributed by atoms with Crippen LogP contribution in [0.1, 0.15) is 44.1 Å².